The molecule has 3 aromatic carbocycles. The van der Waals surface area contributed by atoms with Crippen LogP contribution in [0.3, 0.4) is 0 Å². The molecule has 0 amide bonds. The first-order chi connectivity index (χ1) is 20.4. The van der Waals surface area contributed by atoms with Crippen molar-refractivity contribution in [1.29, 1.82) is 0 Å². The molecule has 0 spiro atoms. The first-order valence-corrected chi connectivity index (χ1v) is 18.8. The third-order valence-electron chi connectivity index (χ3n) is 9.27. The largest absolute Gasteiger partial charge is 0.460 e. The van der Waals surface area contributed by atoms with E-state index in [-0.39, 0.29) is 28.9 Å². The van der Waals surface area contributed by atoms with Gasteiger partial charge in [-0.15, -0.1) is 11.8 Å². The van der Waals surface area contributed by atoms with Crippen LogP contribution in [0.2, 0.25) is 18.1 Å². The van der Waals surface area contributed by atoms with E-state index in [4.69, 9.17) is 9.15 Å². The second-order valence-electron chi connectivity index (χ2n) is 12.9. The van der Waals surface area contributed by atoms with Gasteiger partial charge in [-0.25, -0.2) is 0 Å². The molecule has 0 radical (unpaired) electrons. The molecule has 1 fully saturated rings. The molecule has 0 saturated carbocycles. The van der Waals surface area contributed by atoms with Gasteiger partial charge >= 0.3 is 5.97 Å². The average Bonchev–Trinajstić information content (AvgIpc) is 3.46. The van der Waals surface area contributed by atoms with Crippen LogP contribution < -0.4 is 0 Å². The van der Waals surface area contributed by atoms with E-state index in [0.717, 1.165) is 6.54 Å². The molecule has 4 aromatic rings. The minimum Gasteiger partial charge on any atom is -0.460 e. The van der Waals surface area contributed by atoms with Crippen LogP contribution in [0.5, 0.6) is 0 Å². The van der Waals surface area contributed by atoms with Gasteiger partial charge in [0, 0.05) is 19.4 Å². The molecule has 2 heterocycles. The number of benzene rings is 3. The van der Waals surface area contributed by atoms with Gasteiger partial charge in [-0.1, -0.05) is 125 Å². The predicted molar refractivity (Wildman–Crippen MR) is 177 cm³/mol. The fourth-order valence-corrected chi connectivity index (χ4v) is 10.9. The lowest BCUT2D eigenvalue weighted by Gasteiger charge is -2.61. The normalized spacial score (nSPS) is 18.6. The Balaban J connectivity index is 1.62. The molecule has 0 aliphatic carbocycles. The predicted octanol–water partition coefficient (Wildman–Crippen LogP) is 8.36. The zero-order valence-corrected chi connectivity index (χ0v) is 27.8. The SMILES string of the molecule is CC(=O)OCc1ccc(C(O)C2CN([Si](C)(C)C(C)(C)C)C2SC(c2ccccc2)(c2ccccc2)c2ccccc2)o1. The fraction of sp³-hybridized carbons (Fsp3) is 0.361. The summed E-state index contributed by atoms with van der Waals surface area (Å²) in [7, 11) is -1.98. The number of hydrogen-bond acceptors (Lipinski definition) is 6. The highest BCUT2D eigenvalue weighted by Gasteiger charge is 2.57. The second kappa shape index (κ2) is 12.5. The smallest absolute Gasteiger partial charge is 0.303 e. The molecule has 0 bridgehead atoms. The van der Waals surface area contributed by atoms with E-state index in [1.807, 2.05) is 17.8 Å². The van der Waals surface area contributed by atoms with Crippen molar-refractivity contribution in [3.05, 3.63) is 131 Å². The summed E-state index contributed by atoms with van der Waals surface area (Å²) in [6, 6.07) is 35.8. The van der Waals surface area contributed by atoms with E-state index in [1.165, 1.54) is 23.6 Å². The van der Waals surface area contributed by atoms with E-state index in [2.05, 4.69) is 129 Å². The number of carbonyl (C=O) groups is 1. The number of furan rings is 1. The fourth-order valence-electron chi connectivity index (χ4n) is 5.82. The Morgan fingerprint density at radius 1 is 0.907 bits per heavy atom. The lowest BCUT2D eigenvalue weighted by molar-refractivity contribution is -0.142. The topological polar surface area (TPSA) is 62.9 Å². The molecule has 3 unspecified atom stereocenters. The highest BCUT2D eigenvalue weighted by Crippen LogP contribution is 2.58. The minimum absolute atomic E-state index is 0.0125. The van der Waals surface area contributed by atoms with Crippen molar-refractivity contribution in [2.75, 3.05) is 6.54 Å². The van der Waals surface area contributed by atoms with E-state index < -0.39 is 19.1 Å². The Bertz CT molecular complexity index is 1400. The summed E-state index contributed by atoms with van der Waals surface area (Å²) in [6.45, 7) is 14.1. The maximum Gasteiger partial charge on any atom is 0.303 e. The first-order valence-electron chi connectivity index (χ1n) is 15.0. The lowest BCUT2D eigenvalue weighted by Crippen LogP contribution is -2.70. The number of nitrogens with zero attached hydrogens (tertiary/aromatic N) is 1. The van der Waals surface area contributed by atoms with E-state index in [0.29, 0.717) is 11.5 Å². The molecule has 5 nitrogen and oxygen atoms in total. The Hall–Kier alpha value is -3.10. The van der Waals surface area contributed by atoms with Gasteiger partial charge in [0.05, 0.1) is 10.1 Å². The number of carbonyl (C=O) groups excluding carboxylic acids is 1. The molecule has 43 heavy (non-hydrogen) atoms. The van der Waals surface area contributed by atoms with Gasteiger partial charge in [0.1, 0.15) is 32.5 Å². The van der Waals surface area contributed by atoms with Gasteiger partial charge in [0.25, 0.3) is 0 Å². The zero-order chi connectivity index (χ0) is 30.8. The molecule has 1 saturated heterocycles. The van der Waals surface area contributed by atoms with Crippen LogP contribution >= 0.6 is 11.8 Å². The standard InChI is InChI=1S/C36H43NO4SSi/c1-26(38)40-25-30-22-23-32(41-30)33(39)31-24-37(43(5,6)35(2,3)4)34(31)42-36(27-16-10-7-11-17-27,28-18-12-8-13-19-28)29-20-14-9-15-21-29/h7-23,31,33-34,39H,24-25H2,1-6H3. The van der Waals surface area contributed by atoms with Crippen molar-refractivity contribution < 1.29 is 19.1 Å². The summed E-state index contributed by atoms with van der Waals surface area (Å²) in [6.07, 6.45) is -0.801. The summed E-state index contributed by atoms with van der Waals surface area (Å²) in [5.41, 5.74) is 3.61. The number of esters is 1. The molecule has 1 aromatic heterocycles. The molecule has 226 valence electrons. The van der Waals surface area contributed by atoms with Gasteiger partial charge in [0.2, 0.25) is 0 Å². The summed E-state index contributed by atoms with van der Waals surface area (Å²) in [4.78, 5) is 11.3. The van der Waals surface area contributed by atoms with Crippen LogP contribution in [0.1, 0.15) is 62.0 Å². The third kappa shape index (κ3) is 6.14. The third-order valence-corrected chi connectivity index (χ3v) is 16.9. The van der Waals surface area contributed by atoms with Crippen LogP contribution in [-0.4, -0.2) is 35.8 Å². The number of aliphatic hydroxyl groups is 1. The monoisotopic (exact) mass is 613 g/mol. The van der Waals surface area contributed by atoms with Gasteiger partial charge < -0.3 is 18.8 Å². The molecule has 7 heteroatoms. The molecular formula is C36H43NO4SSi. The van der Waals surface area contributed by atoms with E-state index >= 15 is 0 Å². The lowest BCUT2D eigenvalue weighted by atomic mass is 9.84. The highest BCUT2D eigenvalue weighted by atomic mass is 32.2. The Labute approximate surface area is 261 Å². The number of thioether (sulfide) groups is 1. The van der Waals surface area contributed by atoms with Crippen LogP contribution in [-0.2, 0) is 20.9 Å². The van der Waals surface area contributed by atoms with Crippen LogP contribution in [0.15, 0.2) is 108 Å². The van der Waals surface area contributed by atoms with Crippen molar-refractivity contribution in [3.8, 4) is 0 Å². The Morgan fingerprint density at radius 2 is 1.40 bits per heavy atom. The van der Waals surface area contributed by atoms with Crippen molar-refractivity contribution in [1.82, 2.24) is 4.57 Å². The summed E-state index contributed by atoms with van der Waals surface area (Å²) in [5, 5.41) is 12.0. The van der Waals surface area contributed by atoms with Gasteiger partial charge in [0.15, 0.2) is 0 Å². The highest BCUT2D eigenvalue weighted by molar-refractivity contribution is 8.01. The number of ether oxygens (including phenoxy) is 1. The van der Waals surface area contributed by atoms with Crippen LogP contribution in [0.25, 0.3) is 0 Å². The Kier molecular flexibility index (Phi) is 9.09. The molecule has 1 aliphatic heterocycles. The minimum atomic E-state index is -1.98. The van der Waals surface area contributed by atoms with Crippen LogP contribution in [0, 0.1) is 5.92 Å². The first kappa shape index (κ1) is 31.3. The van der Waals surface area contributed by atoms with Crippen molar-refractivity contribution in [2.45, 2.75) is 68.7 Å². The average molecular weight is 614 g/mol. The molecule has 1 aliphatic rings. The van der Waals surface area contributed by atoms with Crippen molar-refractivity contribution in [2.24, 2.45) is 5.92 Å². The number of rotatable bonds is 10. The quantitative estimate of drug-likeness (QED) is 0.110. The van der Waals surface area contributed by atoms with Gasteiger partial charge in [-0.05, 0) is 33.9 Å². The maximum atomic E-state index is 11.9. The zero-order valence-electron chi connectivity index (χ0n) is 26.0. The maximum absolute atomic E-state index is 11.9. The number of aliphatic hydroxyl groups excluding tert-OH is 1. The van der Waals surface area contributed by atoms with Crippen LogP contribution in [0.4, 0.5) is 0 Å². The molecule has 1 N–H and O–H groups in total. The molecule has 3 atom stereocenters. The summed E-state index contributed by atoms with van der Waals surface area (Å²) < 4.78 is 13.3. The van der Waals surface area contributed by atoms with Crippen molar-refractivity contribution in [3.63, 3.8) is 0 Å². The van der Waals surface area contributed by atoms with Gasteiger partial charge in [-0.2, -0.15) is 0 Å². The molecular weight excluding hydrogens is 571 g/mol. The summed E-state index contributed by atoms with van der Waals surface area (Å²) in [5.74, 6) is 0.610. The summed E-state index contributed by atoms with van der Waals surface area (Å²) >= 11 is 1.93. The van der Waals surface area contributed by atoms with E-state index in [1.54, 1.807) is 6.07 Å². The van der Waals surface area contributed by atoms with Crippen molar-refractivity contribution >= 4 is 26.0 Å². The number of hydrogen-bond donors (Lipinski definition) is 1. The molecule has 5 rings (SSSR count). The van der Waals surface area contributed by atoms with Gasteiger partial charge in [-0.3, -0.25) is 4.79 Å². The Morgan fingerprint density at radius 3 is 1.84 bits per heavy atom. The second-order valence-corrected chi connectivity index (χ2v) is 19.5. The van der Waals surface area contributed by atoms with E-state index in [9.17, 15) is 9.90 Å².